The van der Waals surface area contributed by atoms with Crippen LogP contribution >= 0.6 is 0 Å². The monoisotopic (exact) mass is 352 g/mol. The Labute approximate surface area is 155 Å². The number of carbonyl (C=O) groups is 1. The quantitative estimate of drug-likeness (QED) is 0.906. The Balaban J connectivity index is 1.56. The topological polar surface area (TPSA) is 58.1 Å². The lowest BCUT2D eigenvalue weighted by atomic mass is 9.89. The summed E-state index contributed by atoms with van der Waals surface area (Å²) in [7, 11) is 0. The second kappa shape index (κ2) is 8.02. The van der Waals surface area contributed by atoms with E-state index in [9.17, 15) is 4.79 Å². The van der Waals surface area contributed by atoms with E-state index in [0.717, 1.165) is 36.2 Å². The van der Waals surface area contributed by atoms with E-state index in [-0.39, 0.29) is 5.91 Å². The van der Waals surface area contributed by atoms with Gasteiger partial charge in [-0.25, -0.2) is 0 Å². The third-order valence-corrected chi connectivity index (χ3v) is 5.81. The van der Waals surface area contributed by atoms with Gasteiger partial charge in [-0.3, -0.25) is 4.79 Å². The minimum absolute atomic E-state index is 0.0931. The summed E-state index contributed by atoms with van der Waals surface area (Å²) >= 11 is 0. The van der Waals surface area contributed by atoms with Crippen molar-refractivity contribution in [3.05, 3.63) is 30.0 Å². The van der Waals surface area contributed by atoms with Gasteiger partial charge in [0.15, 0.2) is 11.5 Å². The van der Waals surface area contributed by atoms with Crippen LogP contribution in [0, 0.1) is 5.92 Å². The highest BCUT2D eigenvalue weighted by Gasteiger charge is 2.21. The zero-order valence-corrected chi connectivity index (χ0v) is 15.4. The van der Waals surface area contributed by atoms with Crippen LogP contribution in [0.3, 0.4) is 0 Å². The Kier molecular flexibility index (Phi) is 5.32. The molecule has 26 heavy (non-hydrogen) atoms. The van der Waals surface area contributed by atoms with E-state index in [1.165, 1.54) is 51.4 Å². The van der Waals surface area contributed by atoms with Crippen molar-refractivity contribution in [3.8, 4) is 0 Å². The summed E-state index contributed by atoms with van der Waals surface area (Å²) in [6.45, 7) is 2.79. The molecule has 5 nitrogen and oxygen atoms in total. The van der Waals surface area contributed by atoms with E-state index >= 15 is 0 Å². The van der Waals surface area contributed by atoms with Crippen LogP contribution < -0.4 is 10.2 Å². The summed E-state index contributed by atoms with van der Waals surface area (Å²) in [6.07, 6.45) is 10.0. The van der Waals surface area contributed by atoms with Gasteiger partial charge in [-0.05, 0) is 38.0 Å². The van der Waals surface area contributed by atoms with Crippen LogP contribution in [0.1, 0.15) is 61.9 Å². The van der Waals surface area contributed by atoms with Crippen molar-refractivity contribution in [1.29, 1.82) is 0 Å². The lowest BCUT2D eigenvalue weighted by Crippen LogP contribution is -2.33. The van der Waals surface area contributed by atoms with Gasteiger partial charge in [-0.1, -0.05) is 43.5 Å². The number of nitrogens with one attached hydrogen (secondary N) is 1. The molecular formula is C21H28N4O. The van der Waals surface area contributed by atoms with E-state index in [0.29, 0.717) is 11.6 Å². The molecule has 2 aromatic rings. The molecule has 2 heterocycles. The number of hydrogen-bond acceptors (Lipinski definition) is 4. The van der Waals surface area contributed by atoms with Crippen molar-refractivity contribution >= 4 is 22.5 Å². The number of fused-ring (bicyclic) bond motifs is 1. The molecule has 1 aliphatic carbocycles. The average molecular weight is 352 g/mol. The molecule has 1 aromatic carbocycles. The average Bonchev–Trinajstić information content (AvgIpc) is 2.72. The number of nitrogens with zero attached hydrogens (tertiary/aromatic N) is 3. The molecule has 0 atom stereocenters. The fraction of sp³-hybridized carbons (Fsp3) is 0.571. The van der Waals surface area contributed by atoms with Gasteiger partial charge in [0, 0.05) is 30.4 Å². The molecule has 138 valence electrons. The number of piperidine rings is 1. The molecular weight excluding hydrogens is 324 g/mol. The molecule has 5 heteroatoms. The summed E-state index contributed by atoms with van der Waals surface area (Å²) < 4.78 is 0. The Morgan fingerprint density at radius 2 is 1.65 bits per heavy atom. The number of rotatable bonds is 4. The van der Waals surface area contributed by atoms with E-state index in [4.69, 9.17) is 0 Å². The van der Waals surface area contributed by atoms with Crippen molar-refractivity contribution in [2.45, 2.75) is 51.4 Å². The predicted molar refractivity (Wildman–Crippen MR) is 105 cm³/mol. The maximum atomic E-state index is 12.8. The number of carbonyl (C=O) groups excluding carboxylic acids is 1. The van der Waals surface area contributed by atoms with Crippen molar-refractivity contribution in [2.24, 2.45) is 5.92 Å². The van der Waals surface area contributed by atoms with Crippen molar-refractivity contribution in [3.63, 3.8) is 0 Å². The molecule has 0 spiro atoms. The maximum Gasteiger partial charge on any atom is 0.272 e. The predicted octanol–water partition coefficient (Wildman–Crippen LogP) is 3.93. The van der Waals surface area contributed by atoms with Crippen molar-refractivity contribution in [2.75, 3.05) is 24.5 Å². The number of hydrogen-bond donors (Lipinski definition) is 1. The molecule has 1 amide bonds. The zero-order valence-electron chi connectivity index (χ0n) is 15.4. The minimum Gasteiger partial charge on any atom is -0.355 e. The number of anilines is 1. The molecule has 0 bridgehead atoms. The van der Waals surface area contributed by atoms with Crippen LogP contribution in [0.15, 0.2) is 24.3 Å². The van der Waals surface area contributed by atoms with Gasteiger partial charge >= 0.3 is 0 Å². The van der Waals surface area contributed by atoms with Crippen molar-refractivity contribution in [1.82, 2.24) is 15.5 Å². The Bertz CT molecular complexity index is 764. The van der Waals surface area contributed by atoms with Crippen LogP contribution in [0.2, 0.25) is 0 Å². The van der Waals surface area contributed by atoms with Crippen LogP contribution in [-0.2, 0) is 0 Å². The molecule has 2 fully saturated rings. The van der Waals surface area contributed by atoms with Crippen LogP contribution in [0.4, 0.5) is 5.82 Å². The first-order valence-electron chi connectivity index (χ1n) is 10.1. The van der Waals surface area contributed by atoms with Gasteiger partial charge in [0.2, 0.25) is 0 Å². The highest BCUT2D eigenvalue weighted by atomic mass is 16.1. The van der Waals surface area contributed by atoms with E-state index in [1.807, 2.05) is 18.2 Å². The second-order valence-corrected chi connectivity index (χ2v) is 7.68. The van der Waals surface area contributed by atoms with Gasteiger partial charge in [0.25, 0.3) is 5.91 Å². The zero-order chi connectivity index (χ0) is 17.8. The summed E-state index contributed by atoms with van der Waals surface area (Å²) in [6, 6.07) is 8.04. The van der Waals surface area contributed by atoms with Crippen molar-refractivity contribution < 1.29 is 4.79 Å². The lowest BCUT2D eigenvalue weighted by molar-refractivity contribution is 0.0939. The van der Waals surface area contributed by atoms with Crippen LogP contribution in [0.25, 0.3) is 10.8 Å². The lowest BCUT2D eigenvalue weighted by Gasteiger charge is -2.28. The van der Waals surface area contributed by atoms with E-state index < -0.39 is 0 Å². The first-order valence-corrected chi connectivity index (χ1v) is 10.1. The molecule has 0 radical (unpaired) electrons. The summed E-state index contributed by atoms with van der Waals surface area (Å²) in [5.41, 5.74) is 0.456. The van der Waals surface area contributed by atoms with E-state index in [1.54, 1.807) is 0 Å². The number of amides is 1. The highest BCUT2D eigenvalue weighted by Crippen LogP contribution is 2.28. The highest BCUT2D eigenvalue weighted by molar-refractivity contribution is 6.07. The van der Waals surface area contributed by atoms with Gasteiger partial charge in [-0.15, -0.1) is 10.2 Å². The summed E-state index contributed by atoms with van der Waals surface area (Å²) in [4.78, 5) is 15.1. The van der Waals surface area contributed by atoms with Gasteiger partial charge in [-0.2, -0.15) is 0 Å². The SMILES string of the molecule is O=C(NCC1CCCCC1)c1nnc(N2CCCCC2)c2ccccc12. The second-order valence-electron chi connectivity index (χ2n) is 7.68. The molecule has 1 aromatic heterocycles. The van der Waals surface area contributed by atoms with Crippen LogP contribution in [-0.4, -0.2) is 35.7 Å². The normalized spacial score (nSPS) is 18.8. The molecule has 4 rings (SSSR count). The van der Waals surface area contributed by atoms with Gasteiger partial charge < -0.3 is 10.2 Å². The summed E-state index contributed by atoms with van der Waals surface area (Å²) in [5, 5.41) is 13.8. The largest absolute Gasteiger partial charge is 0.355 e. The Hall–Kier alpha value is -2.17. The van der Waals surface area contributed by atoms with Gasteiger partial charge in [0.05, 0.1) is 0 Å². The minimum atomic E-state index is -0.0931. The first-order chi connectivity index (χ1) is 12.8. The molecule has 1 N–H and O–H groups in total. The Morgan fingerprint density at radius 1 is 0.962 bits per heavy atom. The summed E-state index contributed by atoms with van der Waals surface area (Å²) in [5.74, 6) is 1.44. The molecule has 1 saturated heterocycles. The number of aromatic nitrogens is 2. The third kappa shape index (κ3) is 3.67. The maximum absolute atomic E-state index is 12.8. The molecule has 1 saturated carbocycles. The fourth-order valence-electron chi connectivity index (χ4n) is 4.31. The first kappa shape index (κ1) is 17.3. The third-order valence-electron chi connectivity index (χ3n) is 5.81. The fourth-order valence-corrected chi connectivity index (χ4v) is 4.31. The van der Waals surface area contributed by atoms with Crippen LogP contribution in [0.5, 0.6) is 0 Å². The standard InChI is InChI=1S/C21H28N4O/c26-21(22-15-16-9-3-1-4-10-16)19-17-11-5-6-12-18(17)20(24-23-19)25-13-7-2-8-14-25/h5-6,11-12,16H,1-4,7-10,13-15H2,(H,22,26). The molecule has 2 aliphatic rings. The smallest absolute Gasteiger partial charge is 0.272 e. The molecule has 1 aliphatic heterocycles. The molecule has 0 unspecified atom stereocenters. The Morgan fingerprint density at radius 3 is 2.42 bits per heavy atom. The number of benzene rings is 1. The van der Waals surface area contributed by atoms with Gasteiger partial charge in [0.1, 0.15) is 0 Å². The van der Waals surface area contributed by atoms with E-state index in [2.05, 4.69) is 26.5 Å².